The predicted octanol–water partition coefficient (Wildman–Crippen LogP) is -1.25. The van der Waals surface area contributed by atoms with Crippen molar-refractivity contribution in [3.63, 3.8) is 0 Å². The van der Waals surface area contributed by atoms with Crippen LogP contribution in [0, 0.1) is 6.92 Å². The summed E-state index contributed by atoms with van der Waals surface area (Å²) in [5, 5.41) is 30.7. The molecule has 1 aromatic carbocycles. The highest BCUT2D eigenvalue weighted by atomic mass is 16.6. The second-order valence-electron chi connectivity index (χ2n) is 7.07. The van der Waals surface area contributed by atoms with E-state index in [1.807, 2.05) is 0 Å². The monoisotopic (exact) mass is 442 g/mol. The lowest BCUT2D eigenvalue weighted by atomic mass is 9.88. The Hall–Kier alpha value is -2.93. The molecule has 7 N–H and O–H groups in total. The number of hydrogen-bond donors (Lipinski definition) is 5. The van der Waals surface area contributed by atoms with Gasteiger partial charge in [0.2, 0.25) is 0 Å². The van der Waals surface area contributed by atoms with Gasteiger partial charge in [-0.1, -0.05) is 17.7 Å². The van der Waals surface area contributed by atoms with Crippen molar-refractivity contribution >= 4 is 18.2 Å². The standard InChI is InChI=1S/C19H26N2O10/c1-8-3-9(6-29-18(20)26)11(10(4-8)7-30-19(21)27)5-12-13(22)14(23)15(24)16(31-12)17(25)28-2/h3-4,12-16,22-24H,5-7H2,1-2H3,(H2,20,26)(H2,21,27)/t12-,13-,14+,15-,16-/m0/s1. The van der Waals surface area contributed by atoms with Gasteiger partial charge in [0, 0.05) is 6.42 Å². The lowest BCUT2D eigenvalue weighted by molar-refractivity contribution is -0.228. The number of carbonyl (C=O) groups excluding carboxylic acids is 3. The first-order chi connectivity index (χ1) is 14.5. The highest BCUT2D eigenvalue weighted by Gasteiger charge is 2.47. The molecule has 2 amide bonds. The minimum atomic E-state index is -1.70. The van der Waals surface area contributed by atoms with E-state index in [-0.39, 0.29) is 19.6 Å². The molecule has 5 atom stereocenters. The summed E-state index contributed by atoms with van der Waals surface area (Å²) in [4.78, 5) is 34.1. The van der Waals surface area contributed by atoms with E-state index in [9.17, 15) is 29.7 Å². The van der Waals surface area contributed by atoms with E-state index < -0.39 is 48.7 Å². The Labute approximate surface area is 177 Å². The van der Waals surface area contributed by atoms with E-state index in [0.717, 1.165) is 12.7 Å². The maximum Gasteiger partial charge on any atom is 0.404 e. The van der Waals surface area contributed by atoms with Gasteiger partial charge < -0.3 is 45.7 Å². The zero-order chi connectivity index (χ0) is 23.3. The van der Waals surface area contributed by atoms with Crippen molar-refractivity contribution in [2.45, 2.75) is 57.1 Å². The number of benzene rings is 1. The van der Waals surface area contributed by atoms with Crippen LogP contribution in [0.5, 0.6) is 0 Å². The molecule has 1 aliphatic rings. The van der Waals surface area contributed by atoms with E-state index in [1.165, 1.54) is 0 Å². The second-order valence-corrected chi connectivity index (χ2v) is 7.07. The van der Waals surface area contributed by atoms with Gasteiger partial charge in [-0.15, -0.1) is 0 Å². The van der Waals surface area contributed by atoms with Gasteiger partial charge in [-0.3, -0.25) is 0 Å². The van der Waals surface area contributed by atoms with Crippen molar-refractivity contribution in [1.29, 1.82) is 0 Å². The molecule has 0 spiro atoms. The molecule has 12 nitrogen and oxygen atoms in total. The van der Waals surface area contributed by atoms with E-state index in [4.69, 9.17) is 25.7 Å². The molecule has 0 unspecified atom stereocenters. The average Bonchev–Trinajstić information content (AvgIpc) is 2.71. The van der Waals surface area contributed by atoms with Crippen LogP contribution in [-0.2, 0) is 43.4 Å². The number of hydrogen-bond acceptors (Lipinski definition) is 10. The first kappa shape index (κ1) is 24.3. The van der Waals surface area contributed by atoms with Gasteiger partial charge in [0.15, 0.2) is 6.10 Å². The highest BCUT2D eigenvalue weighted by molar-refractivity contribution is 5.75. The molecule has 0 radical (unpaired) electrons. The summed E-state index contributed by atoms with van der Waals surface area (Å²) < 4.78 is 19.9. The largest absolute Gasteiger partial charge is 0.467 e. The SMILES string of the molecule is COC(=O)[C@H]1O[C@@H](Cc2c(COC(N)=O)cc(C)cc2COC(N)=O)[C@H](O)[C@@H](O)[C@@H]1O. The molecular weight excluding hydrogens is 416 g/mol. The fraction of sp³-hybridized carbons (Fsp3) is 0.526. The number of ether oxygens (including phenoxy) is 4. The Morgan fingerprint density at radius 2 is 1.48 bits per heavy atom. The van der Waals surface area contributed by atoms with Crippen LogP contribution >= 0.6 is 0 Å². The molecule has 0 aliphatic carbocycles. The Kier molecular flexibility index (Phi) is 8.16. The van der Waals surface area contributed by atoms with Crippen molar-refractivity contribution < 1.29 is 48.7 Å². The molecule has 0 bridgehead atoms. The molecule has 1 saturated heterocycles. The minimum Gasteiger partial charge on any atom is -0.467 e. The zero-order valence-electron chi connectivity index (χ0n) is 17.0. The van der Waals surface area contributed by atoms with Crippen molar-refractivity contribution in [2.75, 3.05) is 7.11 Å². The van der Waals surface area contributed by atoms with Gasteiger partial charge in [-0.25, -0.2) is 14.4 Å². The number of nitrogens with two attached hydrogens (primary N) is 2. The second kappa shape index (κ2) is 10.4. The number of esters is 1. The van der Waals surface area contributed by atoms with Gasteiger partial charge >= 0.3 is 18.2 Å². The van der Waals surface area contributed by atoms with E-state index >= 15 is 0 Å². The summed E-state index contributed by atoms with van der Waals surface area (Å²) in [6.45, 7) is 1.29. The van der Waals surface area contributed by atoms with Crippen LogP contribution in [0.15, 0.2) is 12.1 Å². The van der Waals surface area contributed by atoms with Gasteiger partial charge in [0.1, 0.15) is 31.5 Å². The number of rotatable bonds is 7. The Balaban J connectivity index is 2.42. The normalized spacial score (nSPS) is 25.5. The number of aliphatic hydroxyl groups is 3. The molecule has 1 fully saturated rings. The maximum absolute atomic E-state index is 11.9. The van der Waals surface area contributed by atoms with Crippen LogP contribution in [0.3, 0.4) is 0 Å². The highest BCUT2D eigenvalue weighted by Crippen LogP contribution is 2.28. The molecule has 1 heterocycles. The molecule has 12 heteroatoms. The number of amides is 2. The van der Waals surface area contributed by atoms with E-state index in [0.29, 0.717) is 16.7 Å². The summed E-state index contributed by atoms with van der Waals surface area (Å²) in [5.41, 5.74) is 12.2. The van der Waals surface area contributed by atoms with E-state index in [1.54, 1.807) is 19.1 Å². The number of aryl methyl sites for hydroxylation is 1. The summed E-state index contributed by atoms with van der Waals surface area (Å²) >= 11 is 0. The van der Waals surface area contributed by atoms with Crippen LogP contribution in [0.4, 0.5) is 9.59 Å². The predicted molar refractivity (Wildman–Crippen MR) is 102 cm³/mol. The van der Waals surface area contributed by atoms with Crippen LogP contribution in [-0.4, -0.2) is 71.1 Å². The number of methoxy groups -OCH3 is 1. The third-order valence-electron chi connectivity index (χ3n) is 4.87. The quantitative estimate of drug-likeness (QED) is 0.251. The summed E-state index contributed by atoms with van der Waals surface area (Å²) in [5.74, 6) is -0.929. The van der Waals surface area contributed by atoms with Gasteiger partial charge in [-0.05, 0) is 23.6 Å². The van der Waals surface area contributed by atoms with Crippen LogP contribution in [0.2, 0.25) is 0 Å². The fourth-order valence-corrected chi connectivity index (χ4v) is 3.42. The number of aliphatic hydroxyl groups excluding tert-OH is 3. The Bertz CT molecular complexity index is 791. The first-order valence-electron chi connectivity index (χ1n) is 9.28. The minimum absolute atomic E-state index is 0.104. The Morgan fingerprint density at radius 1 is 0.968 bits per heavy atom. The number of primary amides is 2. The topological polar surface area (TPSA) is 201 Å². The Morgan fingerprint density at radius 3 is 1.94 bits per heavy atom. The van der Waals surface area contributed by atoms with Gasteiger partial charge in [0.05, 0.1) is 13.2 Å². The zero-order valence-corrected chi connectivity index (χ0v) is 17.0. The van der Waals surface area contributed by atoms with Crippen molar-refractivity contribution in [2.24, 2.45) is 11.5 Å². The summed E-state index contributed by atoms with van der Waals surface area (Å²) in [6.07, 6.45) is -9.78. The molecule has 0 saturated carbocycles. The van der Waals surface area contributed by atoms with Crippen molar-refractivity contribution in [3.05, 3.63) is 34.4 Å². The molecular formula is C19H26N2O10. The van der Waals surface area contributed by atoms with Crippen molar-refractivity contribution in [1.82, 2.24) is 0 Å². The van der Waals surface area contributed by atoms with Crippen LogP contribution in [0.1, 0.15) is 22.3 Å². The summed E-state index contributed by atoms with van der Waals surface area (Å²) in [7, 11) is 1.09. The lowest BCUT2D eigenvalue weighted by Crippen LogP contribution is -2.60. The fourth-order valence-electron chi connectivity index (χ4n) is 3.42. The lowest BCUT2D eigenvalue weighted by Gasteiger charge is -2.39. The summed E-state index contributed by atoms with van der Waals surface area (Å²) in [6, 6.07) is 3.37. The van der Waals surface area contributed by atoms with Crippen molar-refractivity contribution in [3.8, 4) is 0 Å². The molecule has 0 aromatic heterocycles. The molecule has 2 rings (SSSR count). The first-order valence-corrected chi connectivity index (χ1v) is 9.28. The molecule has 1 aromatic rings. The van der Waals surface area contributed by atoms with Gasteiger partial charge in [0.25, 0.3) is 0 Å². The smallest absolute Gasteiger partial charge is 0.404 e. The third kappa shape index (κ3) is 6.04. The van der Waals surface area contributed by atoms with E-state index in [2.05, 4.69) is 4.74 Å². The third-order valence-corrected chi connectivity index (χ3v) is 4.87. The van der Waals surface area contributed by atoms with Gasteiger partial charge in [-0.2, -0.15) is 0 Å². The average molecular weight is 442 g/mol. The molecule has 1 aliphatic heterocycles. The molecule has 172 valence electrons. The maximum atomic E-state index is 11.9. The van der Waals surface area contributed by atoms with Crippen LogP contribution < -0.4 is 11.5 Å². The van der Waals surface area contributed by atoms with Crippen LogP contribution in [0.25, 0.3) is 0 Å². The number of carbonyl (C=O) groups is 3. The molecule has 31 heavy (non-hydrogen) atoms.